The van der Waals surface area contributed by atoms with Crippen molar-refractivity contribution in [2.75, 3.05) is 47.1 Å². The Labute approximate surface area is 104 Å². The average molecular weight is 246 g/mol. The summed E-state index contributed by atoms with van der Waals surface area (Å²) >= 11 is 0. The Hall–Kier alpha value is -0.850. The van der Waals surface area contributed by atoms with Crippen LogP contribution < -0.4 is 11.3 Å². The Morgan fingerprint density at radius 2 is 2.12 bits per heavy atom. The lowest BCUT2D eigenvalue weighted by Crippen LogP contribution is -2.43. The molecule has 0 unspecified atom stereocenters. The molecule has 0 aliphatic rings. The van der Waals surface area contributed by atoms with Gasteiger partial charge in [0.2, 0.25) is 5.96 Å². The van der Waals surface area contributed by atoms with E-state index in [0.717, 1.165) is 39.2 Å². The van der Waals surface area contributed by atoms with Crippen LogP contribution in [-0.4, -0.2) is 57.9 Å². The van der Waals surface area contributed by atoms with Crippen molar-refractivity contribution < 1.29 is 9.47 Å². The summed E-state index contributed by atoms with van der Waals surface area (Å²) in [6, 6.07) is 0. The molecular weight excluding hydrogens is 220 g/mol. The standard InChI is InChI=1S/C11H26N4O2/c1-4-17-10-5-7-13-11(14-12)15(2)8-6-9-16-3/h4-10,12H2,1-3H3,(H,13,14). The summed E-state index contributed by atoms with van der Waals surface area (Å²) in [5, 5.41) is 0. The first-order valence-corrected chi connectivity index (χ1v) is 6.05. The molecule has 0 aromatic rings. The largest absolute Gasteiger partial charge is 0.385 e. The SMILES string of the molecule is CCOCCCN=C(NN)N(C)CCCOC. The van der Waals surface area contributed by atoms with Gasteiger partial charge in [-0.1, -0.05) is 0 Å². The molecule has 102 valence electrons. The molecule has 0 radical (unpaired) electrons. The molecule has 0 rings (SSSR count). The molecular formula is C11H26N4O2. The fourth-order valence-corrected chi connectivity index (χ4v) is 1.32. The molecule has 0 atom stereocenters. The summed E-state index contributed by atoms with van der Waals surface area (Å²) < 4.78 is 10.2. The molecule has 0 amide bonds. The van der Waals surface area contributed by atoms with Gasteiger partial charge in [-0.25, -0.2) is 5.84 Å². The van der Waals surface area contributed by atoms with Crippen molar-refractivity contribution in [2.45, 2.75) is 19.8 Å². The first-order valence-electron chi connectivity index (χ1n) is 6.05. The lowest BCUT2D eigenvalue weighted by Gasteiger charge is -2.20. The summed E-state index contributed by atoms with van der Waals surface area (Å²) in [4.78, 5) is 6.36. The number of nitrogens with one attached hydrogen (secondary N) is 1. The molecule has 6 nitrogen and oxygen atoms in total. The van der Waals surface area contributed by atoms with Gasteiger partial charge in [0.25, 0.3) is 0 Å². The molecule has 17 heavy (non-hydrogen) atoms. The van der Waals surface area contributed by atoms with Gasteiger partial charge < -0.3 is 14.4 Å². The zero-order chi connectivity index (χ0) is 12.9. The van der Waals surface area contributed by atoms with E-state index < -0.39 is 0 Å². The Morgan fingerprint density at radius 1 is 1.35 bits per heavy atom. The van der Waals surface area contributed by atoms with E-state index in [1.165, 1.54) is 0 Å². The number of nitrogens with zero attached hydrogens (tertiary/aromatic N) is 2. The van der Waals surface area contributed by atoms with Crippen molar-refractivity contribution in [1.29, 1.82) is 0 Å². The van der Waals surface area contributed by atoms with Gasteiger partial charge in [0.05, 0.1) is 0 Å². The molecule has 0 spiro atoms. The number of hydrogen-bond acceptors (Lipinski definition) is 4. The van der Waals surface area contributed by atoms with E-state index in [1.54, 1.807) is 7.11 Å². The minimum atomic E-state index is 0.706. The van der Waals surface area contributed by atoms with E-state index in [0.29, 0.717) is 12.5 Å². The van der Waals surface area contributed by atoms with Gasteiger partial charge in [0.1, 0.15) is 0 Å². The maximum Gasteiger partial charge on any atom is 0.208 e. The van der Waals surface area contributed by atoms with Crippen LogP contribution in [0.3, 0.4) is 0 Å². The van der Waals surface area contributed by atoms with Crippen LogP contribution in [0.5, 0.6) is 0 Å². The van der Waals surface area contributed by atoms with Gasteiger partial charge in [-0.05, 0) is 19.8 Å². The number of guanidine groups is 1. The summed E-state index contributed by atoms with van der Waals surface area (Å²) in [6.45, 7) is 5.80. The third kappa shape index (κ3) is 8.91. The lowest BCUT2D eigenvalue weighted by molar-refractivity contribution is 0.146. The van der Waals surface area contributed by atoms with Crippen molar-refractivity contribution in [3.63, 3.8) is 0 Å². The highest BCUT2D eigenvalue weighted by molar-refractivity contribution is 5.79. The summed E-state index contributed by atoms with van der Waals surface area (Å²) in [5.74, 6) is 6.14. The Morgan fingerprint density at radius 3 is 2.71 bits per heavy atom. The van der Waals surface area contributed by atoms with Gasteiger partial charge in [0.15, 0.2) is 0 Å². The van der Waals surface area contributed by atoms with Crippen molar-refractivity contribution in [3.8, 4) is 0 Å². The number of ether oxygens (including phenoxy) is 2. The van der Waals surface area contributed by atoms with E-state index in [2.05, 4.69) is 10.4 Å². The summed E-state index contributed by atoms with van der Waals surface area (Å²) in [7, 11) is 3.65. The van der Waals surface area contributed by atoms with Crippen molar-refractivity contribution in [2.24, 2.45) is 10.8 Å². The normalized spacial score (nSPS) is 11.6. The minimum Gasteiger partial charge on any atom is -0.385 e. The number of hydrogen-bond donors (Lipinski definition) is 2. The first-order chi connectivity index (χ1) is 8.26. The van der Waals surface area contributed by atoms with E-state index in [9.17, 15) is 0 Å². The molecule has 0 aliphatic heterocycles. The van der Waals surface area contributed by atoms with Crippen LogP contribution >= 0.6 is 0 Å². The van der Waals surface area contributed by atoms with Gasteiger partial charge in [-0.3, -0.25) is 10.4 Å². The zero-order valence-corrected chi connectivity index (χ0v) is 11.2. The predicted octanol–water partition coefficient (Wildman–Crippen LogP) is 0.201. The molecule has 0 aliphatic carbocycles. The van der Waals surface area contributed by atoms with E-state index in [4.69, 9.17) is 15.3 Å². The second-order valence-electron chi connectivity index (χ2n) is 3.67. The van der Waals surface area contributed by atoms with E-state index in [1.807, 2.05) is 18.9 Å². The van der Waals surface area contributed by atoms with Gasteiger partial charge >= 0.3 is 0 Å². The van der Waals surface area contributed by atoms with Crippen LogP contribution in [0.2, 0.25) is 0 Å². The minimum absolute atomic E-state index is 0.706. The highest BCUT2D eigenvalue weighted by atomic mass is 16.5. The molecule has 0 bridgehead atoms. The van der Waals surface area contributed by atoms with Crippen LogP contribution in [0.25, 0.3) is 0 Å². The van der Waals surface area contributed by atoms with Gasteiger partial charge in [-0.2, -0.15) is 0 Å². The number of hydrazine groups is 1. The highest BCUT2D eigenvalue weighted by Crippen LogP contribution is 1.91. The summed E-state index contributed by atoms with van der Waals surface area (Å²) in [5.41, 5.74) is 2.61. The fourth-order valence-electron chi connectivity index (χ4n) is 1.32. The van der Waals surface area contributed by atoms with Crippen LogP contribution in [-0.2, 0) is 9.47 Å². The zero-order valence-electron chi connectivity index (χ0n) is 11.2. The van der Waals surface area contributed by atoms with Crippen LogP contribution in [0, 0.1) is 0 Å². The quantitative estimate of drug-likeness (QED) is 0.200. The maximum absolute atomic E-state index is 5.43. The first kappa shape index (κ1) is 16.1. The van der Waals surface area contributed by atoms with Gasteiger partial charge in [-0.15, -0.1) is 0 Å². The van der Waals surface area contributed by atoms with E-state index >= 15 is 0 Å². The number of nitrogens with two attached hydrogens (primary N) is 1. The van der Waals surface area contributed by atoms with Crippen molar-refractivity contribution in [1.82, 2.24) is 10.3 Å². The molecule has 3 N–H and O–H groups in total. The molecule has 0 aromatic heterocycles. The smallest absolute Gasteiger partial charge is 0.208 e. The molecule has 0 aromatic carbocycles. The Bertz CT molecular complexity index is 200. The lowest BCUT2D eigenvalue weighted by atomic mass is 10.4. The second kappa shape index (κ2) is 11.6. The second-order valence-corrected chi connectivity index (χ2v) is 3.67. The Balaban J connectivity index is 3.81. The van der Waals surface area contributed by atoms with Crippen molar-refractivity contribution in [3.05, 3.63) is 0 Å². The maximum atomic E-state index is 5.43. The average Bonchev–Trinajstić information content (AvgIpc) is 2.34. The van der Waals surface area contributed by atoms with Crippen LogP contribution in [0.1, 0.15) is 19.8 Å². The Kier molecular flexibility index (Phi) is 11.0. The van der Waals surface area contributed by atoms with Crippen LogP contribution in [0.4, 0.5) is 0 Å². The molecule has 6 heteroatoms. The predicted molar refractivity (Wildman–Crippen MR) is 69.9 cm³/mol. The van der Waals surface area contributed by atoms with Gasteiger partial charge in [0, 0.05) is 47.1 Å². The van der Waals surface area contributed by atoms with Crippen molar-refractivity contribution >= 4 is 5.96 Å². The molecule has 0 saturated carbocycles. The monoisotopic (exact) mass is 246 g/mol. The number of aliphatic imine (C=N–C) groups is 1. The topological polar surface area (TPSA) is 72.1 Å². The number of rotatable bonds is 9. The molecule has 0 fully saturated rings. The van der Waals surface area contributed by atoms with E-state index in [-0.39, 0.29) is 0 Å². The third-order valence-electron chi connectivity index (χ3n) is 2.25. The molecule has 0 heterocycles. The third-order valence-corrected chi connectivity index (χ3v) is 2.25. The molecule has 0 saturated heterocycles. The fraction of sp³-hybridized carbons (Fsp3) is 0.909. The number of methoxy groups -OCH3 is 1. The summed E-state index contributed by atoms with van der Waals surface area (Å²) in [6.07, 6.45) is 1.86. The van der Waals surface area contributed by atoms with Crippen LogP contribution in [0.15, 0.2) is 4.99 Å². The highest BCUT2D eigenvalue weighted by Gasteiger charge is 2.03.